The first kappa shape index (κ1) is 23.0. The number of carbonyl (C=O) groups is 2. The van der Waals surface area contributed by atoms with Gasteiger partial charge in [-0.1, -0.05) is 0 Å². The van der Waals surface area contributed by atoms with Gasteiger partial charge in [-0.25, -0.2) is 9.59 Å². The third-order valence-corrected chi connectivity index (χ3v) is 5.22. The Morgan fingerprint density at radius 1 is 1.23 bits per heavy atom. The van der Waals surface area contributed by atoms with Gasteiger partial charge < -0.3 is 19.9 Å². The number of hydrogen-bond donors (Lipinski definition) is 2. The second-order valence-corrected chi connectivity index (χ2v) is 8.97. The maximum atomic E-state index is 12.3. The van der Waals surface area contributed by atoms with Gasteiger partial charge in [0.1, 0.15) is 24.1 Å². The number of esters is 1. The summed E-state index contributed by atoms with van der Waals surface area (Å²) in [5, 5.41) is 7.46. The number of benzene rings is 1. The smallest absolute Gasteiger partial charge is 0.414 e. The summed E-state index contributed by atoms with van der Waals surface area (Å²) in [7, 11) is 0. The van der Waals surface area contributed by atoms with E-state index in [-0.39, 0.29) is 36.7 Å². The molecule has 31 heavy (non-hydrogen) atoms. The Hall–Kier alpha value is -2.65. The van der Waals surface area contributed by atoms with Gasteiger partial charge in [0.05, 0.1) is 12.6 Å². The van der Waals surface area contributed by atoms with Crippen molar-refractivity contribution in [2.24, 2.45) is 5.73 Å². The first-order valence-electron chi connectivity index (χ1n) is 10.6. The van der Waals surface area contributed by atoms with E-state index in [1.165, 1.54) is 0 Å². The van der Waals surface area contributed by atoms with Crippen LogP contribution in [0.2, 0.25) is 0 Å². The van der Waals surface area contributed by atoms with Crippen LogP contribution in [0.1, 0.15) is 39.2 Å². The van der Waals surface area contributed by atoms with E-state index in [0.717, 1.165) is 31.6 Å². The second kappa shape index (κ2) is 9.65. The van der Waals surface area contributed by atoms with Crippen molar-refractivity contribution in [1.29, 1.82) is 5.41 Å². The first-order chi connectivity index (χ1) is 14.6. The normalized spacial score (nSPS) is 20.5. The molecule has 0 spiro atoms. The summed E-state index contributed by atoms with van der Waals surface area (Å²) in [6.45, 7) is 8.25. The summed E-state index contributed by atoms with van der Waals surface area (Å²) in [5.74, 6) is -0.351. The van der Waals surface area contributed by atoms with Gasteiger partial charge in [-0.05, 0) is 57.9 Å². The van der Waals surface area contributed by atoms with Gasteiger partial charge >= 0.3 is 12.1 Å². The van der Waals surface area contributed by atoms with Crippen LogP contribution >= 0.6 is 0 Å². The fourth-order valence-electron chi connectivity index (χ4n) is 3.75. The Labute approximate surface area is 182 Å². The van der Waals surface area contributed by atoms with E-state index in [2.05, 4.69) is 4.90 Å². The van der Waals surface area contributed by atoms with E-state index in [4.69, 9.17) is 25.4 Å². The fraction of sp³-hybridized carbons (Fsp3) is 0.591. The van der Waals surface area contributed by atoms with Crippen molar-refractivity contribution >= 4 is 23.6 Å². The highest BCUT2D eigenvalue weighted by Gasteiger charge is 2.34. The Bertz CT molecular complexity index is 797. The monoisotopic (exact) mass is 432 g/mol. The quantitative estimate of drug-likeness (QED) is 0.385. The number of nitrogens with two attached hydrogens (primary N) is 1. The lowest BCUT2D eigenvalue weighted by atomic mass is 10.1. The molecule has 0 aromatic heterocycles. The van der Waals surface area contributed by atoms with Crippen LogP contribution in [0.15, 0.2) is 24.3 Å². The first-order valence-corrected chi connectivity index (χ1v) is 10.6. The summed E-state index contributed by atoms with van der Waals surface area (Å²) < 4.78 is 16.5. The number of nitrogens with zero attached hydrogens (tertiary/aromatic N) is 2. The maximum absolute atomic E-state index is 12.3. The fourth-order valence-corrected chi connectivity index (χ4v) is 3.75. The third-order valence-electron chi connectivity index (χ3n) is 5.22. The minimum Gasteiger partial charge on any atom is -0.458 e. The van der Waals surface area contributed by atoms with Gasteiger partial charge in [-0.2, -0.15) is 0 Å². The molecule has 0 bridgehead atoms. The third kappa shape index (κ3) is 6.67. The maximum Gasteiger partial charge on any atom is 0.414 e. The van der Waals surface area contributed by atoms with Crippen LogP contribution in [-0.4, -0.2) is 73.4 Å². The molecular formula is C22H32N4O5. The molecule has 0 aliphatic carbocycles. The van der Waals surface area contributed by atoms with Crippen LogP contribution in [0.3, 0.4) is 0 Å². The molecule has 2 fully saturated rings. The SMILES string of the molecule is CC(C)(C)OC(=O)COC1CCN(CC2CN(c3ccc(C(=N)N)cc3)C(=O)O2)CC1. The van der Waals surface area contributed by atoms with Gasteiger partial charge in [0, 0.05) is 30.9 Å². The summed E-state index contributed by atoms with van der Waals surface area (Å²) in [4.78, 5) is 28.0. The zero-order valence-corrected chi connectivity index (χ0v) is 18.4. The number of ether oxygens (including phenoxy) is 3. The van der Waals surface area contributed by atoms with E-state index in [0.29, 0.717) is 18.7 Å². The summed E-state index contributed by atoms with van der Waals surface area (Å²) >= 11 is 0. The van der Waals surface area contributed by atoms with E-state index in [1.54, 1.807) is 29.2 Å². The van der Waals surface area contributed by atoms with E-state index in [9.17, 15) is 9.59 Å². The van der Waals surface area contributed by atoms with Crippen molar-refractivity contribution in [3.63, 3.8) is 0 Å². The number of likely N-dealkylation sites (tertiary alicyclic amines) is 1. The number of piperidine rings is 1. The predicted octanol–water partition coefficient (Wildman–Crippen LogP) is 2.12. The van der Waals surface area contributed by atoms with Crippen LogP contribution in [0, 0.1) is 5.41 Å². The standard InChI is InChI=1S/C22H32N4O5/c1-22(2,3)31-19(27)14-29-17-8-10-25(11-9-17)12-18-13-26(21(28)30-18)16-6-4-15(5-7-16)20(23)24/h4-7,17-18H,8-14H2,1-3H3,(H3,23,24). The Morgan fingerprint density at radius 2 is 1.87 bits per heavy atom. The number of rotatable bonds is 7. The van der Waals surface area contributed by atoms with Crippen LogP contribution in [0.4, 0.5) is 10.5 Å². The lowest BCUT2D eigenvalue weighted by Gasteiger charge is -2.32. The number of nitrogen functional groups attached to an aromatic ring is 1. The zero-order chi connectivity index (χ0) is 22.6. The number of nitrogens with one attached hydrogen (secondary N) is 1. The molecule has 1 unspecified atom stereocenters. The Balaban J connectivity index is 1.41. The molecule has 2 heterocycles. The highest BCUT2D eigenvalue weighted by Crippen LogP contribution is 2.23. The molecule has 1 aromatic rings. The molecule has 170 valence electrons. The number of cyclic esters (lactones) is 1. The molecule has 2 aliphatic heterocycles. The highest BCUT2D eigenvalue weighted by atomic mass is 16.6. The average molecular weight is 433 g/mol. The average Bonchev–Trinajstić information content (AvgIpc) is 3.06. The van der Waals surface area contributed by atoms with Crippen molar-refractivity contribution in [1.82, 2.24) is 4.90 Å². The molecule has 3 N–H and O–H groups in total. The lowest BCUT2D eigenvalue weighted by molar-refractivity contribution is -0.163. The summed E-state index contributed by atoms with van der Waals surface area (Å²) in [6, 6.07) is 6.99. The molecular weight excluding hydrogens is 400 g/mol. The van der Waals surface area contributed by atoms with Gasteiger partial charge in [0.25, 0.3) is 0 Å². The topological polar surface area (TPSA) is 118 Å². The van der Waals surface area contributed by atoms with Crippen molar-refractivity contribution < 1.29 is 23.8 Å². The molecule has 1 atom stereocenters. The molecule has 0 saturated carbocycles. The largest absolute Gasteiger partial charge is 0.458 e. The van der Waals surface area contributed by atoms with Crippen LogP contribution in [0.25, 0.3) is 0 Å². The van der Waals surface area contributed by atoms with Crippen LogP contribution < -0.4 is 10.6 Å². The molecule has 1 amide bonds. The van der Waals surface area contributed by atoms with Crippen LogP contribution in [0.5, 0.6) is 0 Å². The van der Waals surface area contributed by atoms with Crippen molar-refractivity contribution in [3.8, 4) is 0 Å². The van der Waals surface area contributed by atoms with Crippen molar-refractivity contribution in [2.45, 2.75) is 51.4 Å². The molecule has 1 aromatic carbocycles. The van der Waals surface area contributed by atoms with Crippen molar-refractivity contribution in [3.05, 3.63) is 29.8 Å². The molecule has 0 radical (unpaired) electrons. The Kier molecular flexibility index (Phi) is 7.17. The summed E-state index contributed by atoms with van der Waals surface area (Å²) in [6.07, 6.45) is 1.10. The molecule has 2 aliphatic rings. The van der Waals surface area contributed by atoms with Crippen molar-refractivity contribution in [2.75, 3.05) is 37.7 Å². The minimum absolute atomic E-state index is 0.00750. The Morgan fingerprint density at radius 3 is 2.45 bits per heavy atom. The number of amides is 1. The van der Waals surface area contributed by atoms with Crippen LogP contribution in [-0.2, 0) is 19.0 Å². The van der Waals surface area contributed by atoms with E-state index >= 15 is 0 Å². The van der Waals surface area contributed by atoms with E-state index < -0.39 is 5.60 Å². The summed E-state index contributed by atoms with van der Waals surface area (Å²) in [5.41, 5.74) is 6.31. The molecule has 9 nitrogen and oxygen atoms in total. The highest BCUT2D eigenvalue weighted by molar-refractivity contribution is 5.96. The van der Waals surface area contributed by atoms with Gasteiger partial charge in [-0.3, -0.25) is 15.2 Å². The molecule has 3 rings (SSSR count). The van der Waals surface area contributed by atoms with Gasteiger partial charge in [-0.15, -0.1) is 0 Å². The predicted molar refractivity (Wildman–Crippen MR) is 116 cm³/mol. The number of hydrogen-bond acceptors (Lipinski definition) is 7. The number of carbonyl (C=O) groups excluding carboxylic acids is 2. The second-order valence-electron chi connectivity index (χ2n) is 8.97. The lowest BCUT2D eigenvalue weighted by Crippen LogP contribution is -2.42. The number of anilines is 1. The van der Waals surface area contributed by atoms with Gasteiger partial charge in [0.2, 0.25) is 0 Å². The van der Waals surface area contributed by atoms with E-state index in [1.807, 2.05) is 20.8 Å². The molecule has 9 heteroatoms. The van der Waals surface area contributed by atoms with Gasteiger partial charge in [0.15, 0.2) is 0 Å². The molecule has 2 saturated heterocycles. The number of amidine groups is 1. The zero-order valence-electron chi connectivity index (χ0n) is 18.4. The minimum atomic E-state index is -0.508.